The SMILES string of the molecule is O=C(NCCN1CCCC1)c1ccc(-c2ccc3cnc(Nc4ccc(N5CCOCC5)cc4)nn23)cc1. The van der Waals surface area contributed by atoms with Crippen molar-refractivity contribution in [2.24, 2.45) is 0 Å². The van der Waals surface area contributed by atoms with Crippen molar-refractivity contribution >= 4 is 28.7 Å². The van der Waals surface area contributed by atoms with Crippen molar-refractivity contribution in [3.8, 4) is 11.3 Å². The lowest BCUT2D eigenvalue weighted by Gasteiger charge is -2.28. The van der Waals surface area contributed by atoms with E-state index in [9.17, 15) is 4.79 Å². The fourth-order valence-corrected chi connectivity index (χ4v) is 5.11. The highest BCUT2D eigenvalue weighted by Crippen LogP contribution is 2.24. The molecular formula is C29H33N7O2. The van der Waals surface area contributed by atoms with Gasteiger partial charge in [0.25, 0.3) is 5.91 Å². The summed E-state index contributed by atoms with van der Waals surface area (Å²) in [4.78, 5) is 21.8. The van der Waals surface area contributed by atoms with E-state index in [0.717, 1.165) is 68.4 Å². The quantitative estimate of drug-likeness (QED) is 0.372. The van der Waals surface area contributed by atoms with E-state index in [-0.39, 0.29) is 5.91 Å². The lowest BCUT2D eigenvalue weighted by Crippen LogP contribution is -2.36. The number of aromatic nitrogens is 3. The summed E-state index contributed by atoms with van der Waals surface area (Å²) in [6, 6.07) is 20.0. The second-order valence-electron chi connectivity index (χ2n) is 9.79. The number of morpholine rings is 1. The fraction of sp³-hybridized carbons (Fsp3) is 0.345. The maximum Gasteiger partial charge on any atom is 0.251 e. The van der Waals surface area contributed by atoms with Crippen LogP contribution in [0.1, 0.15) is 23.2 Å². The Morgan fingerprint density at radius 3 is 2.42 bits per heavy atom. The Bertz CT molecular complexity index is 1370. The standard InChI is InChI=1S/C29H33N7O2/c37-28(30-13-16-34-14-1-2-15-34)23-5-3-22(4-6-23)27-12-11-26-21-31-29(33-36(26)27)32-24-7-9-25(10-8-24)35-17-19-38-20-18-35/h3-12,21H,1-2,13-20H2,(H,30,37)(H,32,33). The van der Waals surface area contributed by atoms with Gasteiger partial charge in [0, 0.05) is 48.7 Å². The van der Waals surface area contributed by atoms with Gasteiger partial charge in [-0.2, -0.15) is 0 Å². The van der Waals surface area contributed by atoms with Crippen molar-refractivity contribution in [3.05, 3.63) is 72.4 Å². The molecule has 9 nitrogen and oxygen atoms in total. The van der Waals surface area contributed by atoms with Crippen molar-refractivity contribution in [3.63, 3.8) is 0 Å². The predicted molar refractivity (Wildman–Crippen MR) is 149 cm³/mol. The first-order valence-corrected chi connectivity index (χ1v) is 13.4. The zero-order valence-electron chi connectivity index (χ0n) is 21.5. The van der Waals surface area contributed by atoms with Crippen LogP contribution in [0.4, 0.5) is 17.3 Å². The van der Waals surface area contributed by atoms with Gasteiger partial charge >= 0.3 is 0 Å². The van der Waals surface area contributed by atoms with Crippen molar-refractivity contribution in [2.45, 2.75) is 12.8 Å². The fourth-order valence-electron chi connectivity index (χ4n) is 5.11. The van der Waals surface area contributed by atoms with Crippen molar-refractivity contribution in [1.82, 2.24) is 24.8 Å². The van der Waals surface area contributed by atoms with E-state index in [0.29, 0.717) is 18.1 Å². The van der Waals surface area contributed by atoms with Crippen molar-refractivity contribution in [1.29, 1.82) is 0 Å². The molecule has 0 atom stereocenters. The van der Waals surface area contributed by atoms with Crippen LogP contribution in [-0.4, -0.2) is 77.9 Å². The highest BCUT2D eigenvalue weighted by molar-refractivity contribution is 5.94. The second kappa shape index (κ2) is 11.2. The van der Waals surface area contributed by atoms with Crippen LogP contribution in [-0.2, 0) is 4.74 Å². The molecule has 0 bridgehead atoms. The summed E-state index contributed by atoms with van der Waals surface area (Å²) >= 11 is 0. The minimum absolute atomic E-state index is 0.0378. The van der Waals surface area contributed by atoms with Crippen LogP contribution in [0.3, 0.4) is 0 Å². The molecule has 2 aliphatic rings. The molecule has 4 aromatic rings. The van der Waals surface area contributed by atoms with Crippen LogP contribution >= 0.6 is 0 Å². The molecule has 2 saturated heterocycles. The molecule has 0 radical (unpaired) electrons. The molecule has 2 aromatic carbocycles. The van der Waals surface area contributed by atoms with Crippen molar-refractivity contribution < 1.29 is 9.53 Å². The Kier molecular flexibility index (Phi) is 7.19. The molecule has 2 aromatic heterocycles. The van der Waals surface area contributed by atoms with Gasteiger partial charge in [-0.25, -0.2) is 9.50 Å². The Morgan fingerprint density at radius 2 is 1.66 bits per heavy atom. The summed E-state index contributed by atoms with van der Waals surface area (Å²) in [6.45, 7) is 7.21. The zero-order chi connectivity index (χ0) is 25.7. The van der Waals surface area contributed by atoms with Gasteiger partial charge in [0.2, 0.25) is 5.95 Å². The third-order valence-electron chi connectivity index (χ3n) is 7.25. The molecule has 2 N–H and O–H groups in total. The maximum absolute atomic E-state index is 12.6. The molecule has 0 unspecified atom stereocenters. The van der Waals surface area contributed by atoms with Crippen LogP contribution in [0, 0.1) is 0 Å². The molecule has 9 heteroatoms. The Morgan fingerprint density at radius 1 is 0.895 bits per heavy atom. The van der Waals surface area contributed by atoms with E-state index in [1.165, 1.54) is 18.5 Å². The summed E-state index contributed by atoms with van der Waals surface area (Å²) in [7, 11) is 0. The first-order valence-electron chi connectivity index (χ1n) is 13.4. The summed E-state index contributed by atoms with van der Waals surface area (Å²) < 4.78 is 7.33. The van der Waals surface area contributed by atoms with E-state index in [4.69, 9.17) is 9.84 Å². The van der Waals surface area contributed by atoms with E-state index in [2.05, 4.69) is 37.6 Å². The van der Waals surface area contributed by atoms with Crippen LogP contribution in [0.2, 0.25) is 0 Å². The number of rotatable bonds is 8. The largest absolute Gasteiger partial charge is 0.378 e. The average Bonchev–Trinajstić information content (AvgIpc) is 3.64. The smallest absolute Gasteiger partial charge is 0.251 e. The summed E-state index contributed by atoms with van der Waals surface area (Å²) in [5.41, 5.74) is 5.60. The average molecular weight is 512 g/mol. The summed E-state index contributed by atoms with van der Waals surface area (Å²) in [5, 5.41) is 11.1. The number of fused-ring (bicyclic) bond motifs is 1. The minimum Gasteiger partial charge on any atom is -0.378 e. The molecule has 196 valence electrons. The zero-order valence-corrected chi connectivity index (χ0v) is 21.5. The lowest BCUT2D eigenvalue weighted by atomic mass is 10.1. The monoisotopic (exact) mass is 511 g/mol. The summed E-state index contributed by atoms with van der Waals surface area (Å²) in [5.74, 6) is 0.479. The number of carbonyl (C=O) groups is 1. The molecule has 0 spiro atoms. The van der Waals surface area contributed by atoms with Gasteiger partial charge in [-0.05, 0) is 74.5 Å². The molecule has 0 saturated carbocycles. The van der Waals surface area contributed by atoms with Gasteiger partial charge in [0.1, 0.15) is 0 Å². The van der Waals surface area contributed by atoms with Crippen LogP contribution in [0.15, 0.2) is 66.9 Å². The molecule has 6 rings (SSSR count). The van der Waals surface area contributed by atoms with E-state index >= 15 is 0 Å². The Labute approximate surface area is 222 Å². The number of likely N-dealkylation sites (tertiary alicyclic amines) is 1. The van der Waals surface area contributed by atoms with E-state index in [1.54, 1.807) is 0 Å². The molecular weight excluding hydrogens is 478 g/mol. The number of nitrogens with one attached hydrogen (secondary N) is 2. The molecule has 1 amide bonds. The number of hydrogen-bond acceptors (Lipinski definition) is 7. The number of hydrogen-bond donors (Lipinski definition) is 2. The predicted octanol–water partition coefficient (Wildman–Crippen LogP) is 3.80. The van der Waals surface area contributed by atoms with E-state index < -0.39 is 0 Å². The van der Waals surface area contributed by atoms with Gasteiger partial charge in [-0.15, -0.1) is 5.10 Å². The second-order valence-corrected chi connectivity index (χ2v) is 9.79. The molecule has 2 fully saturated rings. The van der Waals surface area contributed by atoms with Crippen LogP contribution in [0.5, 0.6) is 0 Å². The van der Waals surface area contributed by atoms with Gasteiger partial charge in [0.15, 0.2) is 0 Å². The molecule has 38 heavy (non-hydrogen) atoms. The lowest BCUT2D eigenvalue weighted by molar-refractivity contribution is 0.0949. The highest BCUT2D eigenvalue weighted by Gasteiger charge is 2.14. The van der Waals surface area contributed by atoms with Gasteiger partial charge in [-0.3, -0.25) is 4.79 Å². The van der Waals surface area contributed by atoms with Crippen molar-refractivity contribution in [2.75, 3.05) is 62.7 Å². The van der Waals surface area contributed by atoms with Crippen LogP contribution in [0.25, 0.3) is 16.8 Å². The maximum atomic E-state index is 12.6. The van der Waals surface area contributed by atoms with Gasteiger partial charge in [0.05, 0.1) is 30.6 Å². The number of anilines is 3. The third-order valence-corrected chi connectivity index (χ3v) is 7.25. The molecule has 2 aliphatic heterocycles. The third kappa shape index (κ3) is 5.49. The molecule has 4 heterocycles. The number of nitrogens with zero attached hydrogens (tertiary/aromatic N) is 5. The van der Waals surface area contributed by atoms with Gasteiger partial charge < -0.3 is 25.2 Å². The first kappa shape index (κ1) is 24.4. The topological polar surface area (TPSA) is 87.0 Å². The minimum atomic E-state index is -0.0378. The first-order chi connectivity index (χ1) is 18.7. The van der Waals surface area contributed by atoms with Gasteiger partial charge in [-0.1, -0.05) is 12.1 Å². The Balaban J connectivity index is 1.12. The normalized spacial score (nSPS) is 16.2. The molecule has 0 aliphatic carbocycles. The Hall–Kier alpha value is -3.95. The number of ether oxygens (including phenoxy) is 1. The summed E-state index contributed by atoms with van der Waals surface area (Å²) in [6.07, 6.45) is 4.33. The number of benzene rings is 2. The number of amides is 1. The van der Waals surface area contributed by atoms with Crippen LogP contribution < -0.4 is 15.5 Å². The highest BCUT2D eigenvalue weighted by atomic mass is 16.5. The van der Waals surface area contributed by atoms with E-state index in [1.807, 2.05) is 59.2 Å². The number of carbonyl (C=O) groups excluding carboxylic acids is 1.